The second-order valence-corrected chi connectivity index (χ2v) is 3.96. The molecule has 102 valence electrons. The first kappa shape index (κ1) is 13.8. The number of nitrogens with zero attached hydrogens (tertiary/aromatic N) is 4. The molecule has 3 aromatic rings. The van der Waals surface area contributed by atoms with Crippen LogP contribution < -0.4 is 17.2 Å². The SMILES string of the molecule is Cl.Nc1nc(N)c2nc(-c3ccccc3)c(N)nc2n1. The third-order valence-corrected chi connectivity index (χ3v) is 2.65. The van der Waals surface area contributed by atoms with E-state index in [9.17, 15) is 0 Å². The summed E-state index contributed by atoms with van der Waals surface area (Å²) >= 11 is 0. The van der Waals surface area contributed by atoms with Gasteiger partial charge in [-0.3, -0.25) is 0 Å². The van der Waals surface area contributed by atoms with Gasteiger partial charge < -0.3 is 17.2 Å². The van der Waals surface area contributed by atoms with Crippen LogP contribution in [0.4, 0.5) is 17.6 Å². The topological polar surface area (TPSA) is 130 Å². The van der Waals surface area contributed by atoms with E-state index in [2.05, 4.69) is 19.9 Å². The number of nitrogen functional groups attached to an aromatic ring is 3. The second-order valence-electron chi connectivity index (χ2n) is 3.96. The first-order valence-electron chi connectivity index (χ1n) is 5.57. The zero-order chi connectivity index (χ0) is 13.4. The quantitative estimate of drug-likeness (QED) is 0.614. The maximum absolute atomic E-state index is 5.90. The van der Waals surface area contributed by atoms with Crippen molar-refractivity contribution in [2.24, 2.45) is 0 Å². The third kappa shape index (κ3) is 2.26. The number of hydrogen-bond donors (Lipinski definition) is 3. The zero-order valence-electron chi connectivity index (χ0n) is 10.3. The van der Waals surface area contributed by atoms with E-state index in [0.29, 0.717) is 16.9 Å². The van der Waals surface area contributed by atoms with Crippen molar-refractivity contribution in [1.82, 2.24) is 19.9 Å². The molecule has 0 aliphatic carbocycles. The van der Waals surface area contributed by atoms with Gasteiger partial charge in [0.05, 0.1) is 0 Å². The molecule has 0 saturated carbocycles. The Morgan fingerprint density at radius 1 is 0.750 bits per heavy atom. The van der Waals surface area contributed by atoms with Crippen molar-refractivity contribution in [2.45, 2.75) is 0 Å². The van der Waals surface area contributed by atoms with Crippen LogP contribution in [-0.2, 0) is 0 Å². The molecule has 0 aliphatic heterocycles. The molecule has 0 saturated heterocycles. The molecule has 0 radical (unpaired) electrons. The van der Waals surface area contributed by atoms with Gasteiger partial charge in [-0.05, 0) is 0 Å². The molecule has 3 rings (SSSR count). The number of fused-ring (bicyclic) bond motifs is 1. The Morgan fingerprint density at radius 3 is 2.15 bits per heavy atom. The molecule has 0 spiro atoms. The Bertz CT molecular complexity index is 761. The van der Waals surface area contributed by atoms with Gasteiger partial charge in [-0.1, -0.05) is 30.3 Å². The minimum absolute atomic E-state index is 0. The van der Waals surface area contributed by atoms with Crippen LogP contribution in [0.3, 0.4) is 0 Å². The van der Waals surface area contributed by atoms with E-state index in [1.165, 1.54) is 0 Å². The lowest BCUT2D eigenvalue weighted by Crippen LogP contribution is -2.06. The summed E-state index contributed by atoms with van der Waals surface area (Å²) in [4.78, 5) is 16.4. The highest BCUT2D eigenvalue weighted by atomic mass is 35.5. The number of hydrogen-bond acceptors (Lipinski definition) is 7. The Hall–Kier alpha value is -2.67. The molecule has 6 N–H and O–H groups in total. The molecular formula is C12H12ClN7. The number of halogens is 1. The molecule has 0 bridgehead atoms. The standard InChI is InChI=1S/C12H11N7.ClH/c13-9-7(6-4-2-1-3-5-6)16-8-10(14)18-12(15)19-11(8)17-9;/h1-5H,(H6,13,14,15,17,18,19);1H. The lowest BCUT2D eigenvalue weighted by molar-refractivity contribution is 1.17. The average Bonchev–Trinajstić information content (AvgIpc) is 2.38. The van der Waals surface area contributed by atoms with E-state index >= 15 is 0 Å². The van der Waals surface area contributed by atoms with Gasteiger partial charge in [-0.15, -0.1) is 12.4 Å². The lowest BCUT2D eigenvalue weighted by atomic mass is 10.1. The Balaban J connectivity index is 0.00000147. The summed E-state index contributed by atoms with van der Waals surface area (Å²) in [5.74, 6) is 0.509. The second kappa shape index (κ2) is 5.14. The van der Waals surface area contributed by atoms with Gasteiger partial charge in [0.2, 0.25) is 5.95 Å². The normalized spacial score (nSPS) is 10.2. The maximum Gasteiger partial charge on any atom is 0.224 e. The fourth-order valence-electron chi connectivity index (χ4n) is 1.81. The van der Waals surface area contributed by atoms with Crippen molar-refractivity contribution in [3.8, 4) is 11.3 Å². The summed E-state index contributed by atoms with van der Waals surface area (Å²) in [5, 5.41) is 0. The molecule has 0 aliphatic rings. The highest BCUT2D eigenvalue weighted by Crippen LogP contribution is 2.25. The Kier molecular flexibility index (Phi) is 3.53. The van der Waals surface area contributed by atoms with E-state index in [1.54, 1.807) is 0 Å². The summed E-state index contributed by atoms with van der Waals surface area (Å²) in [5.41, 5.74) is 19.3. The van der Waals surface area contributed by atoms with Crippen molar-refractivity contribution in [3.05, 3.63) is 30.3 Å². The summed E-state index contributed by atoms with van der Waals surface area (Å²) < 4.78 is 0. The largest absolute Gasteiger partial charge is 0.382 e. The molecule has 0 amide bonds. The molecule has 1 aromatic carbocycles. The van der Waals surface area contributed by atoms with Crippen LogP contribution in [0.25, 0.3) is 22.4 Å². The lowest BCUT2D eigenvalue weighted by Gasteiger charge is -2.07. The van der Waals surface area contributed by atoms with Gasteiger partial charge in [0.15, 0.2) is 22.8 Å². The van der Waals surface area contributed by atoms with Crippen LogP contribution >= 0.6 is 12.4 Å². The van der Waals surface area contributed by atoms with Crippen molar-refractivity contribution in [2.75, 3.05) is 17.2 Å². The highest BCUT2D eigenvalue weighted by Gasteiger charge is 2.12. The summed E-state index contributed by atoms with van der Waals surface area (Å²) in [6.07, 6.45) is 0. The van der Waals surface area contributed by atoms with Crippen molar-refractivity contribution in [3.63, 3.8) is 0 Å². The first-order valence-corrected chi connectivity index (χ1v) is 5.57. The monoisotopic (exact) mass is 289 g/mol. The number of aromatic nitrogens is 4. The molecule has 20 heavy (non-hydrogen) atoms. The predicted molar refractivity (Wildman–Crippen MR) is 81.0 cm³/mol. The summed E-state index contributed by atoms with van der Waals surface area (Å²) in [7, 11) is 0. The number of anilines is 3. The number of nitrogens with two attached hydrogens (primary N) is 3. The molecule has 0 unspecified atom stereocenters. The van der Waals surface area contributed by atoms with Crippen LogP contribution in [0.1, 0.15) is 0 Å². The Labute approximate surface area is 120 Å². The highest BCUT2D eigenvalue weighted by molar-refractivity contribution is 5.87. The van der Waals surface area contributed by atoms with Crippen LogP contribution in [0.15, 0.2) is 30.3 Å². The first-order chi connectivity index (χ1) is 9.15. The van der Waals surface area contributed by atoms with Gasteiger partial charge in [0.1, 0.15) is 5.69 Å². The number of rotatable bonds is 1. The van der Waals surface area contributed by atoms with E-state index in [0.717, 1.165) is 5.56 Å². The summed E-state index contributed by atoms with van der Waals surface area (Å²) in [6, 6.07) is 9.47. The van der Waals surface area contributed by atoms with Gasteiger partial charge >= 0.3 is 0 Å². The van der Waals surface area contributed by atoms with E-state index in [-0.39, 0.29) is 30.0 Å². The fourth-order valence-corrected chi connectivity index (χ4v) is 1.81. The molecule has 0 fully saturated rings. The Morgan fingerprint density at radius 2 is 1.45 bits per heavy atom. The van der Waals surface area contributed by atoms with Gasteiger partial charge in [-0.2, -0.15) is 9.97 Å². The van der Waals surface area contributed by atoms with Crippen LogP contribution in [0.2, 0.25) is 0 Å². The van der Waals surface area contributed by atoms with Crippen molar-refractivity contribution in [1.29, 1.82) is 0 Å². The number of benzene rings is 1. The van der Waals surface area contributed by atoms with Crippen LogP contribution in [0, 0.1) is 0 Å². The molecule has 2 heterocycles. The molecule has 7 nitrogen and oxygen atoms in total. The molecular weight excluding hydrogens is 278 g/mol. The maximum atomic E-state index is 5.90. The average molecular weight is 290 g/mol. The van der Waals surface area contributed by atoms with E-state index in [1.807, 2.05) is 30.3 Å². The van der Waals surface area contributed by atoms with Crippen molar-refractivity contribution < 1.29 is 0 Å². The van der Waals surface area contributed by atoms with Gasteiger partial charge in [0.25, 0.3) is 0 Å². The minimum Gasteiger partial charge on any atom is -0.382 e. The van der Waals surface area contributed by atoms with Crippen molar-refractivity contribution >= 4 is 41.2 Å². The summed E-state index contributed by atoms with van der Waals surface area (Å²) in [6.45, 7) is 0. The molecule has 8 heteroatoms. The van der Waals surface area contributed by atoms with Gasteiger partial charge in [-0.25, -0.2) is 9.97 Å². The van der Waals surface area contributed by atoms with Crippen LogP contribution in [-0.4, -0.2) is 19.9 Å². The fraction of sp³-hybridized carbons (Fsp3) is 0. The van der Waals surface area contributed by atoms with Crippen LogP contribution in [0.5, 0.6) is 0 Å². The van der Waals surface area contributed by atoms with E-state index < -0.39 is 0 Å². The van der Waals surface area contributed by atoms with E-state index in [4.69, 9.17) is 17.2 Å². The molecule has 0 atom stereocenters. The van der Waals surface area contributed by atoms with Gasteiger partial charge in [0, 0.05) is 5.56 Å². The predicted octanol–water partition coefficient (Wildman–Crippen LogP) is 1.26. The molecule has 2 aromatic heterocycles. The zero-order valence-corrected chi connectivity index (χ0v) is 11.1. The minimum atomic E-state index is 0. The third-order valence-electron chi connectivity index (χ3n) is 2.65. The smallest absolute Gasteiger partial charge is 0.224 e.